The molecular weight excluding hydrogens is 407 g/mol. The molecule has 0 aromatic carbocycles. The number of carboxylic acid groups (broad SMARTS) is 1. The van der Waals surface area contributed by atoms with Gasteiger partial charge in [0.2, 0.25) is 0 Å². The van der Waals surface area contributed by atoms with Crippen molar-refractivity contribution in [2.24, 2.45) is 23.7 Å². The van der Waals surface area contributed by atoms with Gasteiger partial charge >= 0.3 is 12.2 Å². The van der Waals surface area contributed by atoms with Gasteiger partial charge in [0, 0.05) is 36.5 Å². The average Bonchev–Trinajstić information content (AvgIpc) is 2.72. The summed E-state index contributed by atoms with van der Waals surface area (Å²) in [7, 11) is 1.33. The number of rotatable bonds is 2. The number of hydrogen-bond donors (Lipinski definition) is 6. The molecule has 2 fully saturated rings. The molecule has 6 N–H and O–H groups in total. The van der Waals surface area contributed by atoms with Crippen molar-refractivity contribution in [1.29, 1.82) is 0 Å². The highest BCUT2D eigenvalue weighted by Gasteiger charge is 2.43. The molecule has 9 nitrogen and oxygen atoms in total. The zero-order chi connectivity index (χ0) is 22.5. The van der Waals surface area contributed by atoms with E-state index in [9.17, 15) is 24.2 Å². The number of hydrogen-bond acceptors (Lipinski definition) is 6. The van der Waals surface area contributed by atoms with E-state index in [1.54, 1.807) is 0 Å². The van der Waals surface area contributed by atoms with Crippen LogP contribution in [0.25, 0.3) is 0 Å². The zero-order valence-electron chi connectivity index (χ0n) is 18.1. The van der Waals surface area contributed by atoms with Gasteiger partial charge in [-0.05, 0) is 43.9 Å². The minimum absolute atomic E-state index is 0.0734. The topological polar surface area (TPSA) is 132 Å². The first-order chi connectivity index (χ1) is 14.8. The largest absolute Gasteiger partial charge is 0.465 e. The highest BCUT2D eigenvalue weighted by Crippen LogP contribution is 2.38. The highest BCUT2D eigenvalue weighted by atomic mass is 19.1. The van der Waals surface area contributed by atoms with Crippen molar-refractivity contribution < 1.29 is 28.9 Å². The van der Waals surface area contributed by atoms with Crippen molar-refractivity contribution in [2.75, 3.05) is 13.7 Å². The summed E-state index contributed by atoms with van der Waals surface area (Å²) in [6.07, 6.45) is 3.05. The van der Waals surface area contributed by atoms with E-state index in [0.29, 0.717) is 25.8 Å². The Balaban J connectivity index is 1.84. The first kappa shape index (κ1) is 23.7. The number of aliphatic hydroxyl groups is 1. The number of fused-ring (bicyclic) bond motifs is 4. The lowest BCUT2D eigenvalue weighted by molar-refractivity contribution is 0.0160. The molecule has 1 aliphatic carbocycles. The van der Waals surface area contributed by atoms with Gasteiger partial charge in [-0.15, -0.1) is 0 Å². The second-order valence-electron chi connectivity index (χ2n) is 9.08. The molecule has 2 amide bonds. The monoisotopic (exact) mass is 442 g/mol. The third kappa shape index (κ3) is 6.08. The quantitative estimate of drug-likeness (QED) is 0.282. The second-order valence-corrected chi connectivity index (χ2v) is 9.08. The first-order valence-corrected chi connectivity index (χ1v) is 11.1. The van der Waals surface area contributed by atoms with Crippen molar-refractivity contribution in [1.82, 2.24) is 21.3 Å². The van der Waals surface area contributed by atoms with E-state index in [-0.39, 0.29) is 29.8 Å². The van der Waals surface area contributed by atoms with Gasteiger partial charge in [0.05, 0.1) is 7.11 Å². The molecule has 0 aromatic heterocycles. The fourth-order valence-corrected chi connectivity index (χ4v) is 5.38. The van der Waals surface area contributed by atoms with Crippen molar-refractivity contribution in [2.45, 2.75) is 69.7 Å². The van der Waals surface area contributed by atoms with Crippen LogP contribution in [0.4, 0.5) is 14.0 Å². The Bertz CT molecular complexity index is 666. The van der Waals surface area contributed by atoms with Gasteiger partial charge in [-0.2, -0.15) is 0 Å². The van der Waals surface area contributed by atoms with Crippen molar-refractivity contribution in [3.05, 3.63) is 12.2 Å². The summed E-state index contributed by atoms with van der Waals surface area (Å²) in [6.45, 7) is 2.37. The van der Waals surface area contributed by atoms with Gasteiger partial charge in [0.15, 0.2) is 6.30 Å². The van der Waals surface area contributed by atoms with Crippen LogP contribution in [-0.4, -0.2) is 66.7 Å². The van der Waals surface area contributed by atoms with Crippen LogP contribution in [0.3, 0.4) is 0 Å². The molecule has 0 radical (unpaired) electrons. The fraction of sp³-hybridized carbons (Fsp3) is 0.810. The molecule has 1 saturated heterocycles. The second kappa shape index (κ2) is 10.6. The Labute approximate surface area is 182 Å². The number of carbonyl (C=O) groups is 2. The number of alkyl carbamates (subject to hydrolysis) is 1. The highest BCUT2D eigenvalue weighted by molar-refractivity contribution is 5.67. The van der Waals surface area contributed by atoms with E-state index in [0.717, 1.165) is 12.8 Å². The van der Waals surface area contributed by atoms with Crippen LogP contribution >= 0.6 is 0 Å². The van der Waals surface area contributed by atoms with Crippen LogP contribution in [0.15, 0.2) is 12.2 Å². The summed E-state index contributed by atoms with van der Waals surface area (Å²) in [5, 5.41) is 31.6. The number of ether oxygens (including phenoxy) is 1. The van der Waals surface area contributed by atoms with Crippen LogP contribution in [-0.2, 0) is 4.74 Å². The van der Waals surface area contributed by atoms with Gasteiger partial charge in [0.25, 0.3) is 0 Å². The van der Waals surface area contributed by atoms with Crippen LogP contribution < -0.4 is 21.3 Å². The normalized spacial score (nSPS) is 41.1. The lowest BCUT2D eigenvalue weighted by Crippen LogP contribution is -2.58. The summed E-state index contributed by atoms with van der Waals surface area (Å²) in [4.78, 5) is 23.0. The molecule has 176 valence electrons. The summed E-state index contributed by atoms with van der Waals surface area (Å²) >= 11 is 0. The van der Waals surface area contributed by atoms with E-state index in [1.165, 1.54) is 7.11 Å². The Morgan fingerprint density at radius 3 is 2.68 bits per heavy atom. The molecule has 3 aliphatic rings. The first-order valence-electron chi connectivity index (χ1n) is 11.1. The molecule has 3 rings (SSSR count). The van der Waals surface area contributed by atoms with E-state index >= 15 is 0 Å². The minimum atomic E-state index is -1.28. The predicted molar refractivity (Wildman–Crippen MR) is 112 cm³/mol. The molecule has 0 spiro atoms. The fourth-order valence-electron chi connectivity index (χ4n) is 5.38. The maximum absolute atomic E-state index is 14.8. The molecule has 1 saturated carbocycles. The standard InChI is InChI=1S/C21H35FN4O5/c1-11-4-3-5-16(26-20(28)29)15-8-12(10-23-18(15)22)14-7-6-13(24-21(30)31-2)9-17(14)25-19(11)27/h3-4,11-19,23,25-27H,5-10H2,1-2H3,(H,24,30)(H,28,29). The zero-order valence-corrected chi connectivity index (χ0v) is 18.1. The summed E-state index contributed by atoms with van der Waals surface area (Å²) in [5.41, 5.74) is 0. The summed E-state index contributed by atoms with van der Waals surface area (Å²) < 4.78 is 19.5. The summed E-state index contributed by atoms with van der Waals surface area (Å²) in [5.74, 6) is -0.407. The van der Waals surface area contributed by atoms with Crippen LogP contribution in [0.1, 0.15) is 39.0 Å². The SMILES string of the molecule is COC(=O)NC1CCC2C3CNC(F)C(C3)C(NC(=O)O)CC=CC(C)C(O)NC2C1. The molecule has 10 heteroatoms. The van der Waals surface area contributed by atoms with Crippen molar-refractivity contribution >= 4 is 12.2 Å². The third-order valence-corrected chi connectivity index (χ3v) is 7.08. The van der Waals surface area contributed by atoms with E-state index in [1.807, 2.05) is 19.1 Å². The number of halogens is 1. The summed E-state index contributed by atoms with van der Waals surface area (Å²) in [6, 6.07) is -0.697. The van der Waals surface area contributed by atoms with Gasteiger partial charge in [-0.3, -0.25) is 10.6 Å². The van der Waals surface area contributed by atoms with Gasteiger partial charge in [-0.1, -0.05) is 19.1 Å². The van der Waals surface area contributed by atoms with Crippen molar-refractivity contribution in [3.63, 3.8) is 0 Å². The van der Waals surface area contributed by atoms with E-state index < -0.39 is 36.7 Å². The maximum Gasteiger partial charge on any atom is 0.407 e. The average molecular weight is 443 g/mol. The minimum Gasteiger partial charge on any atom is -0.465 e. The number of nitrogens with one attached hydrogen (secondary N) is 4. The van der Waals surface area contributed by atoms with Crippen molar-refractivity contribution in [3.8, 4) is 0 Å². The number of methoxy groups -OCH3 is 1. The Hall–Kier alpha value is -1.91. The number of alkyl halides is 1. The number of aliphatic hydroxyl groups excluding tert-OH is 1. The molecule has 2 aliphatic heterocycles. The molecule has 9 atom stereocenters. The van der Waals surface area contributed by atoms with E-state index in [2.05, 4.69) is 21.3 Å². The Morgan fingerprint density at radius 1 is 1.19 bits per heavy atom. The third-order valence-electron chi connectivity index (χ3n) is 7.08. The smallest absolute Gasteiger partial charge is 0.407 e. The Morgan fingerprint density at radius 2 is 1.97 bits per heavy atom. The lowest BCUT2D eigenvalue weighted by Gasteiger charge is -2.46. The molecule has 2 bridgehead atoms. The molecular formula is C21H35FN4O5. The van der Waals surface area contributed by atoms with Gasteiger partial charge in [0.1, 0.15) is 6.23 Å². The molecule has 31 heavy (non-hydrogen) atoms. The van der Waals surface area contributed by atoms with Gasteiger partial charge < -0.3 is 25.6 Å². The lowest BCUT2D eigenvalue weighted by atomic mass is 9.69. The number of piperidine rings is 1. The molecule has 2 heterocycles. The maximum atomic E-state index is 14.8. The Kier molecular flexibility index (Phi) is 8.12. The number of amides is 2. The predicted octanol–water partition coefficient (Wildman–Crippen LogP) is 1.54. The van der Waals surface area contributed by atoms with Crippen LogP contribution in [0.2, 0.25) is 0 Å². The van der Waals surface area contributed by atoms with Crippen LogP contribution in [0.5, 0.6) is 0 Å². The van der Waals surface area contributed by atoms with E-state index in [4.69, 9.17) is 4.74 Å². The number of carbonyl (C=O) groups excluding carboxylic acids is 1. The van der Waals surface area contributed by atoms with Crippen LogP contribution in [0, 0.1) is 23.7 Å². The van der Waals surface area contributed by atoms with Gasteiger partial charge in [-0.25, -0.2) is 14.0 Å². The molecule has 0 aromatic rings. The molecule has 9 unspecified atom stereocenters.